The van der Waals surface area contributed by atoms with Gasteiger partial charge in [-0.3, -0.25) is 4.79 Å². The third-order valence-corrected chi connectivity index (χ3v) is 4.20. The van der Waals surface area contributed by atoms with Gasteiger partial charge in [-0.2, -0.15) is 0 Å². The molecule has 3 rings (SSSR count). The number of ether oxygens (including phenoxy) is 1. The highest BCUT2D eigenvalue weighted by Crippen LogP contribution is 2.26. The summed E-state index contributed by atoms with van der Waals surface area (Å²) in [5.74, 6) is 1.42. The van der Waals surface area contributed by atoms with E-state index in [0.29, 0.717) is 6.61 Å². The molecule has 1 N–H and O–H groups in total. The van der Waals surface area contributed by atoms with Crippen LogP contribution in [0.5, 0.6) is 5.75 Å². The molecule has 1 aliphatic heterocycles. The molecule has 0 aromatic heterocycles. The Kier molecular flexibility index (Phi) is 3.72. The molecule has 3 nitrogen and oxygen atoms in total. The Hall–Kier alpha value is -1.51. The zero-order valence-corrected chi connectivity index (χ0v) is 11.2. The Balaban J connectivity index is 1.58. The first-order chi connectivity index (χ1) is 9.33. The summed E-state index contributed by atoms with van der Waals surface area (Å²) in [6.07, 6.45) is 6.66. The normalized spacial score (nSPS) is 23.3. The molecule has 1 amide bonds. The Morgan fingerprint density at radius 3 is 2.79 bits per heavy atom. The molecule has 0 bridgehead atoms. The highest BCUT2D eigenvalue weighted by molar-refractivity contribution is 5.79. The van der Waals surface area contributed by atoms with E-state index in [0.717, 1.165) is 25.0 Å². The molecule has 1 unspecified atom stereocenters. The molecule has 0 spiro atoms. The number of hydrogen-bond acceptors (Lipinski definition) is 2. The number of fused-ring (bicyclic) bond motifs is 1. The van der Waals surface area contributed by atoms with E-state index in [-0.39, 0.29) is 17.9 Å². The first kappa shape index (κ1) is 12.5. The Bertz CT molecular complexity index is 452. The van der Waals surface area contributed by atoms with Crippen LogP contribution in [-0.4, -0.2) is 18.6 Å². The van der Waals surface area contributed by atoms with Crippen LogP contribution in [0.15, 0.2) is 24.3 Å². The zero-order chi connectivity index (χ0) is 13.1. The molecular weight excluding hydrogens is 238 g/mol. The van der Waals surface area contributed by atoms with E-state index < -0.39 is 0 Å². The number of rotatable bonds is 2. The second kappa shape index (κ2) is 5.64. The number of amides is 1. The lowest BCUT2D eigenvalue weighted by atomic mass is 9.88. The lowest BCUT2D eigenvalue weighted by Gasteiger charge is -2.28. The van der Waals surface area contributed by atoms with Gasteiger partial charge in [-0.25, -0.2) is 0 Å². The van der Waals surface area contributed by atoms with Crippen LogP contribution in [-0.2, 0) is 11.2 Å². The number of nitrogens with one attached hydrogen (secondary N) is 1. The van der Waals surface area contributed by atoms with Crippen LogP contribution in [0.4, 0.5) is 0 Å². The predicted octanol–water partition coefficient (Wildman–Crippen LogP) is 2.69. The fourth-order valence-electron chi connectivity index (χ4n) is 3.10. The van der Waals surface area contributed by atoms with E-state index in [9.17, 15) is 4.79 Å². The maximum Gasteiger partial charge on any atom is 0.223 e. The summed E-state index contributed by atoms with van der Waals surface area (Å²) >= 11 is 0. The molecule has 2 aliphatic rings. The summed E-state index contributed by atoms with van der Waals surface area (Å²) in [6.45, 7) is 0.593. The topological polar surface area (TPSA) is 38.3 Å². The smallest absolute Gasteiger partial charge is 0.223 e. The van der Waals surface area contributed by atoms with Crippen molar-refractivity contribution in [3.8, 4) is 5.75 Å². The highest BCUT2D eigenvalue weighted by Gasteiger charge is 2.26. The van der Waals surface area contributed by atoms with E-state index >= 15 is 0 Å². The molecule has 1 heterocycles. The van der Waals surface area contributed by atoms with Crippen molar-refractivity contribution in [2.75, 3.05) is 6.61 Å². The van der Waals surface area contributed by atoms with Crippen molar-refractivity contribution in [3.05, 3.63) is 29.8 Å². The average molecular weight is 259 g/mol. The molecular formula is C16H21NO2. The lowest BCUT2D eigenvalue weighted by molar-refractivity contribution is -0.127. The standard InChI is InChI=1S/C16H21NO2/c18-16(12-6-2-1-3-7-12)17-14-10-13-8-4-5-9-15(13)19-11-14/h4-5,8-9,12,14H,1-3,6-7,10-11H2,(H,17,18). The van der Waals surface area contributed by atoms with Crippen molar-refractivity contribution in [2.45, 2.75) is 44.6 Å². The third kappa shape index (κ3) is 2.91. The van der Waals surface area contributed by atoms with Gasteiger partial charge in [0.05, 0.1) is 6.04 Å². The van der Waals surface area contributed by atoms with Gasteiger partial charge < -0.3 is 10.1 Å². The van der Waals surface area contributed by atoms with Crippen molar-refractivity contribution >= 4 is 5.91 Å². The van der Waals surface area contributed by atoms with Crippen molar-refractivity contribution in [3.63, 3.8) is 0 Å². The van der Waals surface area contributed by atoms with E-state index in [1.165, 1.54) is 24.8 Å². The van der Waals surface area contributed by atoms with Gasteiger partial charge in [0.1, 0.15) is 12.4 Å². The molecule has 3 heteroatoms. The SMILES string of the molecule is O=C(NC1COc2ccccc2C1)C1CCCCC1. The molecule has 1 aliphatic carbocycles. The van der Waals surface area contributed by atoms with Crippen molar-refractivity contribution in [2.24, 2.45) is 5.92 Å². The van der Waals surface area contributed by atoms with Gasteiger partial charge in [-0.1, -0.05) is 37.5 Å². The Morgan fingerprint density at radius 2 is 1.95 bits per heavy atom. The van der Waals surface area contributed by atoms with E-state index in [4.69, 9.17) is 4.74 Å². The molecule has 102 valence electrons. The minimum absolute atomic E-state index is 0.129. The number of carbonyl (C=O) groups excluding carboxylic acids is 1. The predicted molar refractivity (Wildman–Crippen MR) is 74.1 cm³/mol. The fraction of sp³-hybridized carbons (Fsp3) is 0.562. The van der Waals surface area contributed by atoms with Crippen LogP contribution in [0.1, 0.15) is 37.7 Å². The largest absolute Gasteiger partial charge is 0.491 e. The highest BCUT2D eigenvalue weighted by atomic mass is 16.5. The maximum absolute atomic E-state index is 12.2. The second-order valence-electron chi connectivity index (χ2n) is 5.66. The van der Waals surface area contributed by atoms with Crippen LogP contribution in [0.3, 0.4) is 0 Å². The van der Waals surface area contributed by atoms with Gasteiger partial charge in [0.25, 0.3) is 0 Å². The zero-order valence-electron chi connectivity index (χ0n) is 11.2. The average Bonchev–Trinajstić information content (AvgIpc) is 2.48. The summed E-state index contributed by atoms with van der Waals surface area (Å²) in [5, 5.41) is 3.17. The van der Waals surface area contributed by atoms with Crippen LogP contribution < -0.4 is 10.1 Å². The summed E-state index contributed by atoms with van der Waals surface area (Å²) in [4.78, 5) is 12.2. The van der Waals surface area contributed by atoms with Crippen molar-refractivity contribution in [1.29, 1.82) is 0 Å². The summed E-state index contributed by atoms with van der Waals surface area (Å²) in [7, 11) is 0. The first-order valence-corrected chi connectivity index (χ1v) is 7.34. The number of carbonyl (C=O) groups is 1. The minimum atomic E-state index is 0.129. The van der Waals surface area contributed by atoms with Crippen LogP contribution in [0.25, 0.3) is 0 Å². The summed E-state index contributed by atoms with van der Waals surface area (Å²) < 4.78 is 5.71. The first-order valence-electron chi connectivity index (χ1n) is 7.34. The van der Waals surface area contributed by atoms with Crippen molar-refractivity contribution < 1.29 is 9.53 Å². The molecule has 19 heavy (non-hydrogen) atoms. The summed E-state index contributed by atoms with van der Waals surface area (Å²) in [6, 6.07) is 8.21. The molecule has 1 atom stereocenters. The third-order valence-electron chi connectivity index (χ3n) is 4.20. The monoisotopic (exact) mass is 259 g/mol. The van der Waals surface area contributed by atoms with Crippen LogP contribution in [0, 0.1) is 5.92 Å². The second-order valence-corrected chi connectivity index (χ2v) is 5.66. The minimum Gasteiger partial charge on any atom is -0.491 e. The Labute approximate surface area is 114 Å². The fourth-order valence-corrected chi connectivity index (χ4v) is 3.10. The van der Waals surface area contributed by atoms with E-state index in [1.807, 2.05) is 18.2 Å². The summed E-state index contributed by atoms with van der Waals surface area (Å²) in [5.41, 5.74) is 1.20. The van der Waals surface area contributed by atoms with Crippen molar-refractivity contribution in [1.82, 2.24) is 5.32 Å². The Morgan fingerprint density at radius 1 is 1.16 bits per heavy atom. The molecule has 0 saturated heterocycles. The molecule has 1 saturated carbocycles. The van der Waals surface area contributed by atoms with Gasteiger partial charge >= 0.3 is 0 Å². The van der Waals surface area contributed by atoms with E-state index in [1.54, 1.807) is 0 Å². The van der Waals surface area contributed by atoms with Gasteiger partial charge in [-0.15, -0.1) is 0 Å². The van der Waals surface area contributed by atoms with Crippen LogP contribution in [0.2, 0.25) is 0 Å². The van der Waals surface area contributed by atoms with Gasteiger partial charge in [0.15, 0.2) is 0 Å². The molecule has 1 fully saturated rings. The molecule has 1 aromatic carbocycles. The lowest BCUT2D eigenvalue weighted by Crippen LogP contribution is -2.45. The van der Waals surface area contributed by atoms with E-state index in [2.05, 4.69) is 11.4 Å². The molecule has 0 radical (unpaired) electrons. The maximum atomic E-state index is 12.2. The van der Waals surface area contributed by atoms with Gasteiger partial charge in [0.2, 0.25) is 5.91 Å². The molecule has 1 aromatic rings. The number of para-hydroxylation sites is 1. The van der Waals surface area contributed by atoms with Gasteiger partial charge in [0, 0.05) is 5.92 Å². The van der Waals surface area contributed by atoms with Gasteiger partial charge in [-0.05, 0) is 30.9 Å². The number of hydrogen-bond donors (Lipinski definition) is 1. The number of benzene rings is 1. The van der Waals surface area contributed by atoms with Crippen LogP contribution >= 0.6 is 0 Å². The quantitative estimate of drug-likeness (QED) is 0.886.